The molecular weight excluding hydrogens is 576 g/mol. The van der Waals surface area contributed by atoms with E-state index in [9.17, 15) is 62.3 Å². The number of carbonyl (C=O) groups is 2. The molecule has 0 aliphatic carbocycles. The Morgan fingerprint density at radius 2 is 1.43 bits per heavy atom. The topological polar surface area (TPSA) is 50.3 Å². The minimum absolute atomic E-state index is 0.0280. The molecule has 2 heterocycles. The number of ketones is 1. The quantitative estimate of drug-likeness (QED) is 0.331. The molecule has 0 bridgehead atoms. The second-order valence-electron chi connectivity index (χ2n) is 9.10. The summed E-state index contributed by atoms with van der Waals surface area (Å²) in [4.78, 5) is 27.6. The highest BCUT2D eigenvalue weighted by Crippen LogP contribution is 2.51. The highest BCUT2D eigenvalue weighted by Gasteiger charge is 2.63. The maximum atomic E-state index is 14.4. The van der Waals surface area contributed by atoms with Crippen molar-refractivity contribution in [3.05, 3.63) is 58.3 Å². The van der Waals surface area contributed by atoms with E-state index < -0.39 is 89.2 Å². The van der Waals surface area contributed by atoms with Gasteiger partial charge in [0, 0.05) is 25.8 Å². The van der Waals surface area contributed by atoms with Crippen molar-refractivity contribution in [2.45, 2.75) is 62.7 Å². The van der Waals surface area contributed by atoms with Crippen LogP contribution in [-0.4, -0.2) is 29.4 Å². The molecule has 1 unspecified atom stereocenters. The van der Waals surface area contributed by atoms with E-state index in [2.05, 4.69) is 4.98 Å². The van der Waals surface area contributed by atoms with Crippen LogP contribution in [-0.2, 0) is 40.0 Å². The average Bonchev–Trinajstić information content (AvgIpc) is 3.19. The molecule has 1 aliphatic heterocycles. The summed E-state index contributed by atoms with van der Waals surface area (Å²) in [7, 11) is 0. The standard InChI is InChI=1S/C24H18F12N2O2/c1-2-16(39)5-3-12-4-6-17(37-19(12)23(31,32)33)38-11-20(10-18(38)40,24(34,35)36)13-7-14(21(25,26)27)9-15(8-13)22(28,29)30/h4,6-9H,2-3,5,10-11H2,1H3. The van der Waals surface area contributed by atoms with Gasteiger partial charge in [0.25, 0.3) is 0 Å². The van der Waals surface area contributed by atoms with Crippen molar-refractivity contribution in [3.8, 4) is 0 Å². The zero-order valence-corrected chi connectivity index (χ0v) is 20.2. The number of carbonyl (C=O) groups excluding carboxylic acids is 2. The maximum Gasteiger partial charge on any atom is 0.433 e. The van der Waals surface area contributed by atoms with Crippen molar-refractivity contribution in [1.82, 2.24) is 4.98 Å². The fraction of sp³-hybridized carbons (Fsp3) is 0.458. The molecule has 2 aromatic rings. The predicted molar refractivity (Wildman–Crippen MR) is 114 cm³/mol. The fourth-order valence-corrected chi connectivity index (χ4v) is 4.28. The first-order chi connectivity index (χ1) is 18.1. The lowest BCUT2D eigenvalue weighted by Gasteiger charge is -2.32. The molecule has 1 aliphatic rings. The van der Waals surface area contributed by atoms with Gasteiger partial charge < -0.3 is 0 Å². The fourth-order valence-electron chi connectivity index (χ4n) is 4.28. The van der Waals surface area contributed by atoms with Gasteiger partial charge in [0.15, 0.2) is 0 Å². The number of halogens is 12. The van der Waals surface area contributed by atoms with E-state index in [1.807, 2.05) is 0 Å². The Morgan fingerprint density at radius 1 is 0.875 bits per heavy atom. The van der Waals surface area contributed by atoms with E-state index in [1.54, 1.807) is 0 Å². The number of hydrogen-bond acceptors (Lipinski definition) is 3. The average molecular weight is 594 g/mol. The third-order valence-electron chi connectivity index (χ3n) is 6.44. The van der Waals surface area contributed by atoms with Gasteiger partial charge in [-0.15, -0.1) is 0 Å². The third kappa shape index (κ3) is 6.19. The number of nitrogens with zero attached hydrogens (tertiary/aromatic N) is 2. The number of alkyl halides is 12. The Bertz CT molecular complexity index is 1260. The van der Waals surface area contributed by atoms with Crippen LogP contribution in [0.3, 0.4) is 0 Å². The largest absolute Gasteiger partial charge is 0.433 e. The van der Waals surface area contributed by atoms with Gasteiger partial charge in [0.2, 0.25) is 5.91 Å². The molecule has 4 nitrogen and oxygen atoms in total. The van der Waals surface area contributed by atoms with Crippen LogP contribution in [0.5, 0.6) is 0 Å². The van der Waals surface area contributed by atoms with E-state index in [-0.39, 0.29) is 41.7 Å². The van der Waals surface area contributed by atoms with Crippen LogP contribution in [0.4, 0.5) is 58.5 Å². The Balaban J connectivity index is 2.15. The number of aryl methyl sites for hydroxylation is 1. The first kappa shape index (κ1) is 31.2. The predicted octanol–water partition coefficient (Wildman–Crippen LogP) is 7.29. The monoisotopic (exact) mass is 594 g/mol. The summed E-state index contributed by atoms with van der Waals surface area (Å²) in [6, 6.07) is 0.838. The molecule has 16 heteroatoms. The van der Waals surface area contributed by atoms with Gasteiger partial charge in [-0.3, -0.25) is 14.5 Å². The van der Waals surface area contributed by atoms with Crippen molar-refractivity contribution in [2.24, 2.45) is 0 Å². The number of amides is 1. The first-order valence-corrected chi connectivity index (χ1v) is 11.4. The van der Waals surface area contributed by atoms with Crippen LogP contribution >= 0.6 is 0 Å². The molecule has 0 spiro atoms. The summed E-state index contributed by atoms with van der Waals surface area (Å²) in [6.45, 7) is -0.159. The Hall–Kier alpha value is -3.33. The number of rotatable bonds is 6. The van der Waals surface area contributed by atoms with Crippen LogP contribution in [0, 0.1) is 0 Å². The van der Waals surface area contributed by atoms with Gasteiger partial charge >= 0.3 is 24.7 Å². The molecule has 3 rings (SSSR count). The molecule has 0 radical (unpaired) electrons. The molecule has 220 valence electrons. The summed E-state index contributed by atoms with van der Waals surface area (Å²) in [5.74, 6) is -2.86. The van der Waals surface area contributed by atoms with Crippen LogP contribution in [0.2, 0.25) is 0 Å². The second kappa shape index (κ2) is 10.3. The lowest BCUT2D eigenvalue weighted by atomic mass is 9.77. The van der Waals surface area contributed by atoms with Crippen molar-refractivity contribution in [1.29, 1.82) is 0 Å². The van der Waals surface area contributed by atoms with E-state index in [4.69, 9.17) is 0 Å². The smallest absolute Gasteiger partial charge is 0.300 e. The molecular formula is C24H18F12N2O2. The van der Waals surface area contributed by atoms with Crippen LogP contribution in [0.15, 0.2) is 30.3 Å². The van der Waals surface area contributed by atoms with Crippen molar-refractivity contribution in [3.63, 3.8) is 0 Å². The minimum Gasteiger partial charge on any atom is -0.300 e. The van der Waals surface area contributed by atoms with Crippen LogP contribution in [0.25, 0.3) is 0 Å². The Labute approximate surface area is 218 Å². The number of benzene rings is 1. The van der Waals surface area contributed by atoms with Crippen molar-refractivity contribution < 1.29 is 62.3 Å². The Morgan fingerprint density at radius 3 is 1.88 bits per heavy atom. The highest BCUT2D eigenvalue weighted by molar-refractivity contribution is 5.96. The lowest BCUT2D eigenvalue weighted by molar-refractivity contribution is -0.186. The van der Waals surface area contributed by atoms with Crippen molar-refractivity contribution >= 4 is 17.5 Å². The van der Waals surface area contributed by atoms with E-state index >= 15 is 0 Å². The van der Waals surface area contributed by atoms with Gasteiger partial charge in [-0.2, -0.15) is 52.7 Å². The molecule has 1 aromatic heterocycles. The first-order valence-electron chi connectivity index (χ1n) is 11.4. The van der Waals surface area contributed by atoms with Gasteiger partial charge in [-0.1, -0.05) is 13.0 Å². The SMILES string of the molecule is CCC(=O)CCc1ccc(N2CC(c3cc(C(F)(F)F)cc(C(F)(F)F)c3)(C(F)(F)F)CC2=O)nc1C(F)(F)F. The summed E-state index contributed by atoms with van der Waals surface area (Å²) in [5.41, 5.74) is -11.4. The van der Waals surface area contributed by atoms with E-state index in [0.717, 1.165) is 12.1 Å². The third-order valence-corrected chi connectivity index (χ3v) is 6.44. The highest BCUT2D eigenvalue weighted by atomic mass is 19.4. The summed E-state index contributed by atoms with van der Waals surface area (Å²) >= 11 is 0. The number of aromatic nitrogens is 1. The summed E-state index contributed by atoms with van der Waals surface area (Å²) in [5, 5.41) is 0. The zero-order valence-electron chi connectivity index (χ0n) is 20.2. The maximum absolute atomic E-state index is 14.4. The van der Waals surface area contributed by atoms with Crippen LogP contribution in [0.1, 0.15) is 54.1 Å². The van der Waals surface area contributed by atoms with Gasteiger partial charge in [0.1, 0.15) is 22.7 Å². The van der Waals surface area contributed by atoms with Gasteiger partial charge in [-0.25, -0.2) is 4.98 Å². The number of pyridine rings is 1. The van der Waals surface area contributed by atoms with E-state index in [0.29, 0.717) is 0 Å². The normalized spacial score (nSPS) is 18.9. The van der Waals surface area contributed by atoms with Gasteiger partial charge in [-0.05, 0) is 41.8 Å². The molecule has 0 saturated carbocycles. The number of hydrogen-bond donors (Lipinski definition) is 0. The molecule has 1 atom stereocenters. The zero-order chi connectivity index (χ0) is 30.5. The molecule has 0 N–H and O–H groups in total. The van der Waals surface area contributed by atoms with Crippen molar-refractivity contribution in [2.75, 3.05) is 11.4 Å². The molecule has 1 amide bonds. The lowest BCUT2D eigenvalue weighted by Crippen LogP contribution is -2.45. The number of Topliss-reactive ketones (excluding diaryl/α,β-unsaturated/α-hetero) is 1. The molecule has 1 aromatic carbocycles. The second-order valence-corrected chi connectivity index (χ2v) is 9.10. The Kier molecular flexibility index (Phi) is 8.00. The summed E-state index contributed by atoms with van der Waals surface area (Å²) < 4.78 is 164. The summed E-state index contributed by atoms with van der Waals surface area (Å²) in [6.07, 6.45) is -24.2. The molecule has 40 heavy (non-hydrogen) atoms. The molecule has 1 saturated heterocycles. The number of anilines is 1. The van der Waals surface area contributed by atoms with Crippen LogP contribution < -0.4 is 4.90 Å². The molecule has 1 fully saturated rings. The van der Waals surface area contributed by atoms with E-state index in [1.165, 1.54) is 6.92 Å². The minimum atomic E-state index is -5.61. The van der Waals surface area contributed by atoms with Gasteiger partial charge in [0.05, 0.1) is 11.1 Å².